The van der Waals surface area contributed by atoms with Crippen molar-refractivity contribution in [3.63, 3.8) is 0 Å². The summed E-state index contributed by atoms with van der Waals surface area (Å²) in [6, 6.07) is 14.0. The quantitative estimate of drug-likeness (QED) is 0.846. The van der Waals surface area contributed by atoms with E-state index < -0.39 is 5.97 Å². The number of aromatic carboxylic acids is 1. The zero-order valence-electron chi connectivity index (χ0n) is 12.0. The van der Waals surface area contributed by atoms with Gasteiger partial charge in [-0.05, 0) is 42.3 Å². The van der Waals surface area contributed by atoms with E-state index in [1.165, 1.54) is 12.1 Å². The fraction of sp³-hybridized carbons (Fsp3) is 0.176. The fourth-order valence-corrected chi connectivity index (χ4v) is 2.55. The summed E-state index contributed by atoms with van der Waals surface area (Å²) < 4.78 is 0.978. The van der Waals surface area contributed by atoms with Gasteiger partial charge in [-0.3, -0.25) is 4.79 Å². The number of carboxylic acid groups (broad SMARTS) is 1. The van der Waals surface area contributed by atoms with Gasteiger partial charge in [0, 0.05) is 16.1 Å². The predicted molar refractivity (Wildman–Crippen MR) is 89.0 cm³/mol. The monoisotopic (exact) mass is 361 g/mol. The summed E-state index contributed by atoms with van der Waals surface area (Å²) >= 11 is 3.41. The van der Waals surface area contributed by atoms with Crippen LogP contribution in [0.5, 0.6) is 0 Å². The molecule has 22 heavy (non-hydrogen) atoms. The number of rotatable bonds is 5. The molecule has 0 spiro atoms. The van der Waals surface area contributed by atoms with Crippen LogP contribution < -0.4 is 5.32 Å². The zero-order valence-corrected chi connectivity index (χ0v) is 13.6. The summed E-state index contributed by atoms with van der Waals surface area (Å²) in [5, 5.41) is 11.7. The van der Waals surface area contributed by atoms with Crippen molar-refractivity contribution in [1.82, 2.24) is 0 Å². The van der Waals surface area contributed by atoms with Crippen LogP contribution in [-0.4, -0.2) is 17.0 Å². The number of amides is 1. The first kappa shape index (κ1) is 16.2. The van der Waals surface area contributed by atoms with E-state index in [-0.39, 0.29) is 17.4 Å². The Kier molecular flexibility index (Phi) is 5.33. The van der Waals surface area contributed by atoms with E-state index in [2.05, 4.69) is 21.2 Å². The number of carbonyl (C=O) groups is 2. The van der Waals surface area contributed by atoms with E-state index in [4.69, 9.17) is 5.11 Å². The Bertz CT molecular complexity index is 700. The van der Waals surface area contributed by atoms with Crippen LogP contribution in [0.3, 0.4) is 0 Å². The highest BCUT2D eigenvalue weighted by Gasteiger charge is 2.14. The maximum Gasteiger partial charge on any atom is 0.335 e. The zero-order chi connectivity index (χ0) is 16.1. The van der Waals surface area contributed by atoms with Crippen LogP contribution in [0.15, 0.2) is 53.0 Å². The van der Waals surface area contributed by atoms with Crippen molar-refractivity contribution in [2.24, 2.45) is 5.92 Å². The third-order valence-electron chi connectivity index (χ3n) is 3.26. The largest absolute Gasteiger partial charge is 0.478 e. The van der Waals surface area contributed by atoms with Crippen LogP contribution in [0.2, 0.25) is 0 Å². The molecule has 1 unspecified atom stereocenters. The Morgan fingerprint density at radius 2 is 1.91 bits per heavy atom. The van der Waals surface area contributed by atoms with Crippen molar-refractivity contribution in [2.75, 3.05) is 5.32 Å². The summed E-state index contributed by atoms with van der Waals surface area (Å²) in [6.45, 7) is 1.84. The molecule has 5 heteroatoms. The van der Waals surface area contributed by atoms with Gasteiger partial charge in [0.1, 0.15) is 0 Å². The molecule has 0 aromatic heterocycles. The predicted octanol–water partition coefficient (Wildman–Crippen LogP) is 3.96. The van der Waals surface area contributed by atoms with Gasteiger partial charge in [-0.2, -0.15) is 0 Å². The van der Waals surface area contributed by atoms with Crippen molar-refractivity contribution >= 4 is 33.5 Å². The van der Waals surface area contributed by atoms with Gasteiger partial charge in [-0.15, -0.1) is 0 Å². The first-order valence-corrected chi connectivity index (χ1v) is 7.63. The normalized spacial score (nSPS) is 11.7. The van der Waals surface area contributed by atoms with Crippen molar-refractivity contribution in [3.05, 3.63) is 64.1 Å². The van der Waals surface area contributed by atoms with Crippen molar-refractivity contribution in [2.45, 2.75) is 13.3 Å². The Morgan fingerprint density at radius 3 is 2.59 bits per heavy atom. The molecule has 0 bridgehead atoms. The average Bonchev–Trinajstić information content (AvgIpc) is 2.47. The van der Waals surface area contributed by atoms with Gasteiger partial charge in [0.05, 0.1) is 5.56 Å². The number of carboxylic acids is 1. The second-order valence-corrected chi connectivity index (χ2v) is 6.03. The second kappa shape index (κ2) is 7.22. The fourth-order valence-electron chi connectivity index (χ4n) is 2.11. The number of halogens is 1. The molecule has 0 fully saturated rings. The molecule has 114 valence electrons. The third-order valence-corrected chi connectivity index (χ3v) is 3.75. The van der Waals surface area contributed by atoms with E-state index in [9.17, 15) is 9.59 Å². The van der Waals surface area contributed by atoms with E-state index in [0.717, 1.165) is 10.0 Å². The molecule has 0 saturated carbocycles. The van der Waals surface area contributed by atoms with Crippen molar-refractivity contribution < 1.29 is 14.7 Å². The van der Waals surface area contributed by atoms with E-state index in [1.807, 2.05) is 31.2 Å². The smallest absolute Gasteiger partial charge is 0.335 e. The van der Waals surface area contributed by atoms with Gasteiger partial charge in [0.2, 0.25) is 5.91 Å². The number of hydrogen-bond donors (Lipinski definition) is 2. The van der Waals surface area contributed by atoms with Crippen LogP contribution >= 0.6 is 15.9 Å². The molecule has 0 aliphatic carbocycles. The number of carbonyl (C=O) groups excluding carboxylic acids is 1. The van der Waals surface area contributed by atoms with E-state index >= 15 is 0 Å². The Balaban J connectivity index is 2.02. The summed E-state index contributed by atoms with van der Waals surface area (Å²) in [5.41, 5.74) is 1.71. The first-order valence-electron chi connectivity index (χ1n) is 6.84. The van der Waals surface area contributed by atoms with Crippen molar-refractivity contribution in [1.29, 1.82) is 0 Å². The molecule has 2 rings (SSSR count). The number of benzene rings is 2. The molecule has 0 aliphatic rings. The van der Waals surface area contributed by atoms with Crippen LogP contribution in [0, 0.1) is 5.92 Å². The molecule has 0 heterocycles. The lowest BCUT2D eigenvalue weighted by molar-refractivity contribution is -0.119. The maximum atomic E-state index is 12.2. The molecule has 1 atom stereocenters. The summed E-state index contributed by atoms with van der Waals surface area (Å²) in [7, 11) is 0. The highest BCUT2D eigenvalue weighted by atomic mass is 79.9. The Morgan fingerprint density at radius 1 is 1.18 bits per heavy atom. The lowest BCUT2D eigenvalue weighted by Gasteiger charge is -2.13. The molecule has 0 saturated heterocycles. The Labute approximate surface area is 137 Å². The topological polar surface area (TPSA) is 66.4 Å². The average molecular weight is 362 g/mol. The standard InChI is InChI=1S/C17H16BrNO3/c1-11(8-12-4-2-6-14(18)9-12)16(20)19-15-7-3-5-13(10-15)17(21)22/h2-7,9-11H,8H2,1H3,(H,19,20)(H,21,22). The van der Waals surface area contributed by atoms with Crippen LogP contribution in [0.25, 0.3) is 0 Å². The first-order chi connectivity index (χ1) is 10.5. The lowest BCUT2D eigenvalue weighted by atomic mass is 10.0. The molecule has 2 N–H and O–H groups in total. The highest BCUT2D eigenvalue weighted by Crippen LogP contribution is 2.17. The van der Waals surface area contributed by atoms with Gasteiger partial charge in [-0.25, -0.2) is 4.79 Å². The second-order valence-electron chi connectivity index (χ2n) is 5.11. The minimum Gasteiger partial charge on any atom is -0.478 e. The maximum absolute atomic E-state index is 12.2. The number of hydrogen-bond acceptors (Lipinski definition) is 2. The summed E-state index contributed by atoms with van der Waals surface area (Å²) in [4.78, 5) is 23.1. The molecular weight excluding hydrogens is 346 g/mol. The van der Waals surface area contributed by atoms with Crippen LogP contribution in [-0.2, 0) is 11.2 Å². The van der Waals surface area contributed by atoms with Gasteiger partial charge >= 0.3 is 5.97 Å². The van der Waals surface area contributed by atoms with Crippen molar-refractivity contribution in [3.8, 4) is 0 Å². The number of nitrogens with one attached hydrogen (secondary N) is 1. The summed E-state index contributed by atoms with van der Waals surface area (Å²) in [5.74, 6) is -1.37. The molecule has 1 amide bonds. The van der Waals surface area contributed by atoms with Gasteiger partial charge in [0.15, 0.2) is 0 Å². The van der Waals surface area contributed by atoms with Crippen LogP contribution in [0.1, 0.15) is 22.8 Å². The van der Waals surface area contributed by atoms with Crippen LogP contribution in [0.4, 0.5) is 5.69 Å². The molecule has 4 nitrogen and oxygen atoms in total. The molecule has 0 aliphatic heterocycles. The minimum absolute atomic E-state index is 0.137. The van der Waals surface area contributed by atoms with E-state index in [1.54, 1.807) is 12.1 Å². The number of anilines is 1. The Hall–Kier alpha value is -2.14. The molecule has 2 aromatic carbocycles. The van der Waals surface area contributed by atoms with E-state index in [0.29, 0.717) is 12.1 Å². The summed E-state index contributed by atoms with van der Waals surface area (Å²) in [6.07, 6.45) is 0.615. The van der Waals surface area contributed by atoms with Gasteiger partial charge < -0.3 is 10.4 Å². The minimum atomic E-state index is -1.02. The SMILES string of the molecule is CC(Cc1cccc(Br)c1)C(=O)Nc1cccc(C(=O)O)c1. The van der Waals surface area contributed by atoms with Gasteiger partial charge in [0.25, 0.3) is 0 Å². The van der Waals surface area contributed by atoms with Gasteiger partial charge in [-0.1, -0.05) is 41.1 Å². The highest BCUT2D eigenvalue weighted by molar-refractivity contribution is 9.10. The third kappa shape index (κ3) is 4.43. The lowest BCUT2D eigenvalue weighted by Crippen LogP contribution is -2.22. The molecule has 2 aromatic rings. The molecule has 0 radical (unpaired) electrons. The molecular formula is C17H16BrNO3.